The second kappa shape index (κ2) is 12.2. The molecule has 6 heteroatoms. The zero-order chi connectivity index (χ0) is 21.2. The number of nitrogens with one attached hydrogen (secondary N) is 1. The predicted octanol–water partition coefficient (Wildman–Crippen LogP) is 3.37. The van der Waals surface area contributed by atoms with E-state index in [0.29, 0.717) is 19.2 Å². The van der Waals surface area contributed by atoms with E-state index in [0.717, 1.165) is 69.9 Å². The Morgan fingerprint density at radius 3 is 2.90 bits per heavy atom. The lowest BCUT2D eigenvalue weighted by Gasteiger charge is -2.33. The van der Waals surface area contributed by atoms with E-state index < -0.39 is 0 Å². The highest BCUT2D eigenvalue weighted by Crippen LogP contribution is 2.18. The number of aliphatic imine (C=N–C) groups is 1. The molecule has 0 radical (unpaired) electrons. The van der Waals surface area contributed by atoms with Crippen LogP contribution in [0, 0.1) is 5.92 Å². The summed E-state index contributed by atoms with van der Waals surface area (Å²) < 4.78 is 11.5. The fourth-order valence-corrected chi connectivity index (χ4v) is 4.32. The van der Waals surface area contributed by atoms with Gasteiger partial charge in [0.1, 0.15) is 12.4 Å². The molecule has 3 rings (SSSR count). The molecule has 1 atom stereocenters. The average molecular weight is 417 g/mol. The standard InChI is InChI=1S/C24H40N4O2/c1-4-25-24(28-12-6-7-20(2)19-28)26-18-21-8-5-9-23(17-21)30-16-13-27(3)22-10-14-29-15-11-22/h5,8-9,17,20,22H,4,6-7,10-16,18-19H2,1-3H3,(H,25,26). The Kier molecular flexibility index (Phi) is 9.27. The van der Waals surface area contributed by atoms with Crippen LogP contribution in [0.1, 0.15) is 45.1 Å². The zero-order valence-corrected chi connectivity index (χ0v) is 19.1. The third-order valence-corrected chi connectivity index (χ3v) is 6.13. The minimum atomic E-state index is 0.616. The van der Waals surface area contributed by atoms with Crippen molar-refractivity contribution in [3.05, 3.63) is 29.8 Å². The molecule has 0 spiro atoms. The first-order valence-electron chi connectivity index (χ1n) is 11.7. The van der Waals surface area contributed by atoms with Gasteiger partial charge in [-0.05, 0) is 63.3 Å². The SMILES string of the molecule is CCNC(=NCc1cccc(OCCN(C)C2CCOCC2)c1)N1CCCC(C)C1. The monoisotopic (exact) mass is 416 g/mol. The fraction of sp³-hybridized carbons (Fsp3) is 0.708. The predicted molar refractivity (Wildman–Crippen MR) is 123 cm³/mol. The molecule has 2 saturated heterocycles. The first-order valence-corrected chi connectivity index (χ1v) is 11.7. The molecule has 0 bridgehead atoms. The van der Waals surface area contributed by atoms with Crippen molar-refractivity contribution in [2.24, 2.45) is 10.9 Å². The molecule has 6 nitrogen and oxygen atoms in total. The Labute approximate surface area is 182 Å². The van der Waals surface area contributed by atoms with Crippen LogP contribution in [0.15, 0.2) is 29.3 Å². The lowest BCUT2D eigenvalue weighted by molar-refractivity contribution is 0.0392. The maximum Gasteiger partial charge on any atom is 0.194 e. The summed E-state index contributed by atoms with van der Waals surface area (Å²) in [4.78, 5) is 9.72. The van der Waals surface area contributed by atoms with E-state index in [9.17, 15) is 0 Å². The summed E-state index contributed by atoms with van der Waals surface area (Å²) >= 11 is 0. The van der Waals surface area contributed by atoms with Crippen molar-refractivity contribution >= 4 is 5.96 Å². The molecule has 2 fully saturated rings. The Balaban J connectivity index is 1.50. The van der Waals surface area contributed by atoms with Crippen molar-refractivity contribution in [1.29, 1.82) is 0 Å². The van der Waals surface area contributed by atoms with E-state index in [2.05, 4.69) is 54.2 Å². The molecule has 0 saturated carbocycles. The van der Waals surface area contributed by atoms with Crippen molar-refractivity contribution < 1.29 is 9.47 Å². The molecule has 2 aliphatic rings. The second-order valence-corrected chi connectivity index (χ2v) is 8.68. The molecular weight excluding hydrogens is 376 g/mol. The van der Waals surface area contributed by atoms with Crippen LogP contribution in [0.25, 0.3) is 0 Å². The van der Waals surface area contributed by atoms with Crippen LogP contribution in [-0.4, -0.2) is 74.8 Å². The highest BCUT2D eigenvalue weighted by atomic mass is 16.5. The van der Waals surface area contributed by atoms with Gasteiger partial charge in [-0.25, -0.2) is 4.99 Å². The van der Waals surface area contributed by atoms with Crippen LogP contribution in [-0.2, 0) is 11.3 Å². The molecule has 1 unspecified atom stereocenters. The van der Waals surface area contributed by atoms with Gasteiger partial charge in [0.2, 0.25) is 0 Å². The van der Waals surface area contributed by atoms with E-state index >= 15 is 0 Å². The number of likely N-dealkylation sites (N-methyl/N-ethyl adjacent to an activating group) is 1. The maximum atomic E-state index is 6.05. The first kappa shape index (κ1) is 22.9. The van der Waals surface area contributed by atoms with E-state index in [-0.39, 0.29) is 0 Å². The van der Waals surface area contributed by atoms with Crippen molar-refractivity contribution in [2.45, 2.75) is 52.1 Å². The molecule has 0 aliphatic carbocycles. The van der Waals surface area contributed by atoms with Gasteiger partial charge in [-0.2, -0.15) is 0 Å². The van der Waals surface area contributed by atoms with E-state index in [4.69, 9.17) is 14.5 Å². The largest absolute Gasteiger partial charge is 0.492 e. The number of likely N-dealkylation sites (tertiary alicyclic amines) is 1. The Bertz CT molecular complexity index is 660. The maximum absolute atomic E-state index is 6.05. The summed E-state index contributed by atoms with van der Waals surface area (Å²) in [6.07, 6.45) is 4.80. The second-order valence-electron chi connectivity index (χ2n) is 8.68. The van der Waals surface area contributed by atoms with Crippen LogP contribution < -0.4 is 10.1 Å². The van der Waals surface area contributed by atoms with Crippen LogP contribution in [0.5, 0.6) is 5.75 Å². The minimum absolute atomic E-state index is 0.616. The van der Waals surface area contributed by atoms with E-state index in [1.807, 2.05) is 6.07 Å². The molecule has 0 aromatic heterocycles. The van der Waals surface area contributed by atoms with Gasteiger partial charge in [0, 0.05) is 45.4 Å². The van der Waals surface area contributed by atoms with Crippen LogP contribution in [0.3, 0.4) is 0 Å². The van der Waals surface area contributed by atoms with Crippen molar-refractivity contribution in [3.63, 3.8) is 0 Å². The summed E-state index contributed by atoms with van der Waals surface area (Å²) in [5, 5.41) is 3.47. The number of ether oxygens (including phenoxy) is 2. The first-order chi connectivity index (χ1) is 14.7. The number of benzene rings is 1. The normalized spacial score (nSPS) is 21.1. The summed E-state index contributed by atoms with van der Waals surface area (Å²) in [6.45, 7) is 11.6. The van der Waals surface area contributed by atoms with Crippen LogP contribution in [0.2, 0.25) is 0 Å². The Morgan fingerprint density at radius 1 is 1.30 bits per heavy atom. The molecule has 1 N–H and O–H groups in total. The van der Waals surface area contributed by atoms with Gasteiger partial charge in [-0.3, -0.25) is 4.90 Å². The van der Waals surface area contributed by atoms with Gasteiger partial charge < -0.3 is 19.7 Å². The third kappa shape index (κ3) is 7.17. The topological polar surface area (TPSA) is 49.3 Å². The van der Waals surface area contributed by atoms with Crippen LogP contribution >= 0.6 is 0 Å². The van der Waals surface area contributed by atoms with Crippen molar-refractivity contribution in [1.82, 2.24) is 15.1 Å². The molecule has 1 aromatic rings. The summed E-state index contributed by atoms with van der Waals surface area (Å²) in [5.41, 5.74) is 1.19. The van der Waals surface area contributed by atoms with Crippen LogP contribution in [0.4, 0.5) is 0 Å². The quantitative estimate of drug-likeness (QED) is 0.520. The molecular formula is C24H40N4O2. The number of rotatable bonds is 8. The Morgan fingerprint density at radius 2 is 2.13 bits per heavy atom. The van der Waals surface area contributed by atoms with Gasteiger partial charge in [-0.1, -0.05) is 19.1 Å². The number of nitrogens with zero attached hydrogens (tertiary/aromatic N) is 3. The van der Waals surface area contributed by atoms with E-state index in [1.165, 1.54) is 18.4 Å². The molecule has 168 valence electrons. The number of piperidine rings is 1. The minimum Gasteiger partial charge on any atom is -0.492 e. The smallest absolute Gasteiger partial charge is 0.194 e. The van der Waals surface area contributed by atoms with Gasteiger partial charge in [0.05, 0.1) is 6.54 Å². The molecule has 30 heavy (non-hydrogen) atoms. The lowest BCUT2D eigenvalue weighted by atomic mass is 10.0. The highest BCUT2D eigenvalue weighted by molar-refractivity contribution is 5.80. The van der Waals surface area contributed by atoms with E-state index in [1.54, 1.807) is 0 Å². The fourth-order valence-electron chi connectivity index (χ4n) is 4.32. The zero-order valence-electron chi connectivity index (χ0n) is 19.1. The highest BCUT2D eigenvalue weighted by Gasteiger charge is 2.19. The van der Waals surface area contributed by atoms with Gasteiger partial charge in [0.25, 0.3) is 0 Å². The molecule has 0 amide bonds. The number of guanidine groups is 1. The molecule has 2 heterocycles. The molecule has 1 aromatic carbocycles. The van der Waals surface area contributed by atoms with Gasteiger partial charge in [0.15, 0.2) is 5.96 Å². The lowest BCUT2D eigenvalue weighted by Crippen LogP contribution is -2.46. The number of hydrogen-bond donors (Lipinski definition) is 1. The van der Waals surface area contributed by atoms with Crippen molar-refractivity contribution in [3.8, 4) is 5.75 Å². The van der Waals surface area contributed by atoms with Crippen molar-refractivity contribution in [2.75, 3.05) is 53.0 Å². The molecule has 2 aliphatic heterocycles. The Hall–Kier alpha value is -1.79. The summed E-state index contributed by atoms with van der Waals surface area (Å²) in [5.74, 6) is 2.70. The summed E-state index contributed by atoms with van der Waals surface area (Å²) in [6, 6.07) is 8.98. The number of hydrogen-bond acceptors (Lipinski definition) is 4. The summed E-state index contributed by atoms with van der Waals surface area (Å²) in [7, 11) is 2.19. The third-order valence-electron chi connectivity index (χ3n) is 6.13. The van der Waals surface area contributed by atoms with Gasteiger partial charge in [-0.15, -0.1) is 0 Å². The average Bonchev–Trinajstić information content (AvgIpc) is 2.77. The van der Waals surface area contributed by atoms with Gasteiger partial charge >= 0.3 is 0 Å².